The zero-order chi connectivity index (χ0) is 20.1. The molecular formula is C19H21N5O3S. The fourth-order valence-corrected chi connectivity index (χ4v) is 3.72. The van der Waals surface area contributed by atoms with E-state index in [1.165, 1.54) is 30.6 Å². The molecule has 1 amide bonds. The van der Waals surface area contributed by atoms with E-state index in [9.17, 15) is 13.2 Å². The van der Waals surface area contributed by atoms with Gasteiger partial charge in [0.05, 0.1) is 16.6 Å². The number of hydrogen-bond donors (Lipinski definition) is 2. The van der Waals surface area contributed by atoms with Crippen molar-refractivity contribution in [2.24, 2.45) is 0 Å². The second-order valence-corrected chi connectivity index (χ2v) is 7.92. The van der Waals surface area contributed by atoms with Crippen molar-refractivity contribution in [1.82, 2.24) is 24.8 Å². The third-order valence-corrected chi connectivity index (χ3v) is 5.75. The number of aromatic nitrogens is 3. The molecule has 0 bridgehead atoms. The summed E-state index contributed by atoms with van der Waals surface area (Å²) in [5, 5.41) is 6.98. The highest BCUT2D eigenvalue weighted by Crippen LogP contribution is 2.17. The average Bonchev–Trinajstić information content (AvgIpc) is 3.23. The van der Waals surface area contributed by atoms with Crippen molar-refractivity contribution >= 4 is 15.9 Å². The van der Waals surface area contributed by atoms with Gasteiger partial charge >= 0.3 is 0 Å². The molecule has 0 aliphatic rings. The van der Waals surface area contributed by atoms with Crippen molar-refractivity contribution < 1.29 is 13.2 Å². The molecular weight excluding hydrogens is 378 g/mol. The first-order valence-electron chi connectivity index (χ1n) is 8.76. The van der Waals surface area contributed by atoms with E-state index < -0.39 is 10.0 Å². The molecule has 28 heavy (non-hydrogen) atoms. The molecule has 0 spiro atoms. The number of carbonyl (C=O) groups is 1. The standard InChI is InChI=1S/C19H21N5O3S/c1-3-22-28(26,27)18-10-6-16(7-11-18)19(25)23-14(2)15-4-8-17(9-5-15)24-13-20-12-21-24/h4-14,22H,3H2,1-2H3,(H,23,25). The summed E-state index contributed by atoms with van der Waals surface area (Å²) in [7, 11) is -3.53. The van der Waals surface area contributed by atoms with Crippen LogP contribution in [0.1, 0.15) is 35.8 Å². The van der Waals surface area contributed by atoms with Gasteiger partial charge in [-0.15, -0.1) is 0 Å². The Kier molecular flexibility index (Phi) is 5.86. The number of rotatable bonds is 7. The minimum Gasteiger partial charge on any atom is -0.346 e. The molecule has 2 N–H and O–H groups in total. The van der Waals surface area contributed by atoms with Crippen LogP contribution in [0.3, 0.4) is 0 Å². The topological polar surface area (TPSA) is 106 Å². The number of carbonyl (C=O) groups excluding carboxylic acids is 1. The molecule has 0 fully saturated rings. The van der Waals surface area contributed by atoms with Gasteiger partial charge < -0.3 is 5.32 Å². The summed E-state index contributed by atoms with van der Waals surface area (Å²) in [5.41, 5.74) is 2.20. The van der Waals surface area contributed by atoms with Gasteiger partial charge in [-0.2, -0.15) is 5.10 Å². The minimum absolute atomic E-state index is 0.127. The molecule has 0 saturated heterocycles. The van der Waals surface area contributed by atoms with Crippen LogP contribution in [-0.4, -0.2) is 35.6 Å². The lowest BCUT2D eigenvalue weighted by molar-refractivity contribution is 0.0940. The zero-order valence-electron chi connectivity index (χ0n) is 15.5. The molecule has 3 rings (SSSR count). The molecule has 0 aliphatic carbocycles. The summed E-state index contributed by atoms with van der Waals surface area (Å²) in [6.07, 6.45) is 3.08. The van der Waals surface area contributed by atoms with Crippen LogP contribution < -0.4 is 10.0 Å². The number of sulfonamides is 1. The van der Waals surface area contributed by atoms with E-state index in [-0.39, 0.29) is 16.8 Å². The molecule has 8 nitrogen and oxygen atoms in total. The van der Waals surface area contributed by atoms with Gasteiger partial charge in [-0.3, -0.25) is 4.79 Å². The summed E-state index contributed by atoms with van der Waals surface area (Å²) in [4.78, 5) is 16.5. The maximum atomic E-state index is 12.5. The Balaban J connectivity index is 1.67. The molecule has 1 heterocycles. The van der Waals surface area contributed by atoms with E-state index >= 15 is 0 Å². The van der Waals surface area contributed by atoms with Crippen molar-refractivity contribution in [1.29, 1.82) is 0 Å². The number of hydrogen-bond acceptors (Lipinski definition) is 5. The molecule has 1 atom stereocenters. The van der Waals surface area contributed by atoms with Crippen LogP contribution in [0.4, 0.5) is 0 Å². The van der Waals surface area contributed by atoms with Crippen LogP contribution in [0.15, 0.2) is 66.1 Å². The quantitative estimate of drug-likeness (QED) is 0.633. The summed E-state index contributed by atoms with van der Waals surface area (Å²) >= 11 is 0. The number of nitrogens with zero attached hydrogens (tertiary/aromatic N) is 3. The number of benzene rings is 2. The highest BCUT2D eigenvalue weighted by molar-refractivity contribution is 7.89. The Morgan fingerprint density at radius 1 is 1.11 bits per heavy atom. The Bertz CT molecular complexity index is 1030. The molecule has 0 saturated carbocycles. The maximum absolute atomic E-state index is 12.5. The first-order chi connectivity index (χ1) is 13.4. The summed E-state index contributed by atoms with van der Waals surface area (Å²) in [6.45, 7) is 3.89. The SMILES string of the molecule is CCNS(=O)(=O)c1ccc(C(=O)NC(C)c2ccc(-n3cncn3)cc2)cc1. The molecule has 0 radical (unpaired) electrons. The van der Waals surface area contributed by atoms with E-state index in [1.54, 1.807) is 17.9 Å². The third kappa shape index (κ3) is 4.44. The molecule has 1 unspecified atom stereocenters. The second kappa shape index (κ2) is 8.32. The van der Waals surface area contributed by atoms with Gasteiger partial charge in [-0.1, -0.05) is 19.1 Å². The maximum Gasteiger partial charge on any atom is 0.251 e. The molecule has 146 valence electrons. The largest absolute Gasteiger partial charge is 0.346 e. The monoisotopic (exact) mass is 399 g/mol. The van der Waals surface area contributed by atoms with Gasteiger partial charge in [0.15, 0.2) is 0 Å². The highest BCUT2D eigenvalue weighted by atomic mass is 32.2. The van der Waals surface area contributed by atoms with Crippen LogP contribution in [0.5, 0.6) is 0 Å². The summed E-state index contributed by atoms with van der Waals surface area (Å²) in [6, 6.07) is 13.2. The highest BCUT2D eigenvalue weighted by Gasteiger charge is 2.15. The van der Waals surface area contributed by atoms with E-state index in [1.807, 2.05) is 31.2 Å². The summed E-state index contributed by atoms with van der Waals surface area (Å²) in [5.74, 6) is -0.278. The van der Waals surface area contributed by atoms with E-state index in [0.29, 0.717) is 12.1 Å². The fourth-order valence-electron chi connectivity index (χ4n) is 2.68. The van der Waals surface area contributed by atoms with Crippen LogP contribution in [0.2, 0.25) is 0 Å². The Morgan fingerprint density at radius 3 is 2.36 bits per heavy atom. The van der Waals surface area contributed by atoms with E-state index in [4.69, 9.17) is 0 Å². The molecule has 9 heteroatoms. The first-order valence-corrected chi connectivity index (χ1v) is 10.2. The fraction of sp³-hybridized carbons (Fsp3) is 0.211. The van der Waals surface area contributed by atoms with Gasteiger partial charge in [0.2, 0.25) is 10.0 Å². The lowest BCUT2D eigenvalue weighted by Crippen LogP contribution is -2.27. The van der Waals surface area contributed by atoms with Crippen molar-refractivity contribution in [3.05, 3.63) is 72.3 Å². The average molecular weight is 399 g/mol. The Morgan fingerprint density at radius 2 is 1.79 bits per heavy atom. The van der Waals surface area contributed by atoms with Gasteiger partial charge in [0.25, 0.3) is 5.91 Å². The Labute approximate surface area is 163 Å². The predicted octanol–water partition coefficient (Wildman–Crippen LogP) is 2.06. The first kappa shape index (κ1) is 19.7. The van der Waals surface area contributed by atoms with Crippen molar-refractivity contribution in [2.45, 2.75) is 24.8 Å². The van der Waals surface area contributed by atoms with E-state index in [2.05, 4.69) is 20.1 Å². The van der Waals surface area contributed by atoms with Crippen LogP contribution >= 0.6 is 0 Å². The van der Waals surface area contributed by atoms with Gasteiger partial charge in [0, 0.05) is 12.1 Å². The lowest BCUT2D eigenvalue weighted by atomic mass is 10.1. The lowest BCUT2D eigenvalue weighted by Gasteiger charge is -2.15. The summed E-state index contributed by atoms with van der Waals surface area (Å²) < 4.78 is 28.0. The van der Waals surface area contributed by atoms with Gasteiger partial charge in [-0.25, -0.2) is 22.8 Å². The van der Waals surface area contributed by atoms with Crippen molar-refractivity contribution in [3.8, 4) is 5.69 Å². The Hall–Kier alpha value is -3.04. The van der Waals surface area contributed by atoms with E-state index in [0.717, 1.165) is 11.3 Å². The normalized spacial score (nSPS) is 12.5. The van der Waals surface area contributed by atoms with Crippen LogP contribution in [0.25, 0.3) is 5.69 Å². The molecule has 1 aromatic heterocycles. The number of nitrogens with one attached hydrogen (secondary N) is 2. The number of amides is 1. The third-order valence-electron chi connectivity index (χ3n) is 4.19. The van der Waals surface area contributed by atoms with Crippen LogP contribution in [0, 0.1) is 0 Å². The van der Waals surface area contributed by atoms with Crippen LogP contribution in [-0.2, 0) is 10.0 Å². The van der Waals surface area contributed by atoms with Gasteiger partial charge in [-0.05, 0) is 48.9 Å². The molecule has 3 aromatic rings. The molecule has 0 aliphatic heterocycles. The van der Waals surface area contributed by atoms with Crippen molar-refractivity contribution in [2.75, 3.05) is 6.54 Å². The smallest absolute Gasteiger partial charge is 0.251 e. The second-order valence-electron chi connectivity index (χ2n) is 6.15. The predicted molar refractivity (Wildman–Crippen MR) is 105 cm³/mol. The zero-order valence-corrected chi connectivity index (χ0v) is 16.3. The van der Waals surface area contributed by atoms with Crippen molar-refractivity contribution in [3.63, 3.8) is 0 Å². The molecule has 2 aromatic carbocycles. The minimum atomic E-state index is -3.53. The van der Waals surface area contributed by atoms with Gasteiger partial charge in [0.1, 0.15) is 12.7 Å².